The lowest BCUT2D eigenvalue weighted by atomic mass is 9.81. The molecule has 4 nitrogen and oxygen atoms in total. The zero-order chi connectivity index (χ0) is 42.5. The first-order chi connectivity index (χ1) is 29.4. The Kier molecular flexibility index (Phi) is 14.0. The maximum Gasteiger partial charge on any atom is 0.0767 e. The largest absolute Gasteiger partial charge is 0.357 e. The number of nitrogens with one attached hydrogen (secondary N) is 2. The van der Waals surface area contributed by atoms with Crippen LogP contribution in [-0.2, 0) is 25.7 Å². The first kappa shape index (κ1) is 43.4. The molecule has 60 heavy (non-hydrogen) atoms. The fourth-order valence-corrected chi connectivity index (χ4v) is 11.1. The molecule has 0 saturated carbocycles. The van der Waals surface area contributed by atoms with E-state index in [0.29, 0.717) is 0 Å². The van der Waals surface area contributed by atoms with Gasteiger partial charge in [0.25, 0.3) is 0 Å². The van der Waals surface area contributed by atoms with E-state index in [4.69, 9.17) is 9.98 Å². The predicted octanol–water partition coefficient (Wildman–Crippen LogP) is 15.4. The third kappa shape index (κ3) is 7.51. The Morgan fingerprint density at radius 2 is 0.783 bits per heavy atom. The van der Waals surface area contributed by atoms with Crippen LogP contribution < -0.4 is 0 Å². The molecule has 3 aliphatic rings. The number of unbranched alkanes of at least 4 members (excludes halogenated alkanes) is 2. The zero-order valence-corrected chi connectivity index (χ0v) is 38.7. The molecule has 4 aromatic rings. The quantitative estimate of drug-likeness (QED) is 0.113. The van der Waals surface area contributed by atoms with Crippen LogP contribution in [0.15, 0.2) is 104 Å². The summed E-state index contributed by atoms with van der Waals surface area (Å²) in [6, 6.07) is 22.4. The number of hydrogen-bond donors (Lipinski definition) is 2. The van der Waals surface area contributed by atoms with E-state index in [2.05, 4.69) is 140 Å². The molecule has 0 saturated heterocycles. The molecule has 0 radical (unpaired) electrons. The number of hydrogen-bond acceptors (Lipinski definition) is 2. The second-order valence-corrected chi connectivity index (χ2v) is 17.0. The van der Waals surface area contributed by atoms with Crippen molar-refractivity contribution in [2.75, 3.05) is 0 Å². The molecule has 8 bridgehead atoms. The Morgan fingerprint density at radius 1 is 0.417 bits per heavy atom. The average Bonchev–Trinajstić information content (AvgIpc) is 4.05. The highest BCUT2D eigenvalue weighted by Crippen LogP contribution is 2.48. The lowest BCUT2D eigenvalue weighted by molar-refractivity contribution is 0.621. The fraction of sp³-hybridized carbons (Fsp3) is 0.464. The predicted molar refractivity (Wildman–Crippen MR) is 258 cm³/mol. The monoisotopic (exact) mass is 801 g/mol. The molecule has 4 heteroatoms. The third-order valence-corrected chi connectivity index (χ3v) is 13.9. The van der Waals surface area contributed by atoms with Gasteiger partial charge in [0.15, 0.2) is 0 Å². The third-order valence-electron chi connectivity index (χ3n) is 13.9. The molecule has 5 heterocycles. The normalized spacial score (nSPS) is 20.4. The highest BCUT2D eigenvalue weighted by atomic mass is 14.9. The molecule has 2 N–H and O–H groups in total. The molecule has 0 atom stereocenters. The molecule has 3 aliphatic heterocycles. The number of aromatic amines is 2. The van der Waals surface area contributed by atoms with E-state index in [1.807, 2.05) is 0 Å². The van der Waals surface area contributed by atoms with Gasteiger partial charge in [0.05, 0.1) is 34.2 Å². The van der Waals surface area contributed by atoms with Crippen LogP contribution in [-0.4, -0.2) is 21.4 Å². The Labute approximate surface area is 362 Å². The van der Waals surface area contributed by atoms with E-state index in [9.17, 15) is 0 Å². The molecule has 2 aromatic heterocycles. The van der Waals surface area contributed by atoms with Crippen molar-refractivity contribution in [1.82, 2.24) is 9.97 Å². The van der Waals surface area contributed by atoms with E-state index in [0.717, 1.165) is 89.9 Å². The molecule has 0 fully saturated rings. The van der Waals surface area contributed by atoms with Crippen LogP contribution in [0.1, 0.15) is 196 Å². The van der Waals surface area contributed by atoms with Crippen LogP contribution in [0.2, 0.25) is 0 Å². The first-order valence-electron chi connectivity index (χ1n) is 24.1. The van der Waals surface area contributed by atoms with Gasteiger partial charge in [-0.2, -0.15) is 0 Å². The molecule has 0 unspecified atom stereocenters. The SMILES string of the molecule is CCCCC1C2=N/C(=C(/c3ccccc3)c3[nH]c(c(CC)c3CC)C(CCCC)c3[nH]c(c(CC)c3CC)/C(c3ccccc3)=C3\N=C1C(CC)=C3CC)C(CC)=C2CC. The van der Waals surface area contributed by atoms with Crippen molar-refractivity contribution >= 4 is 22.6 Å². The van der Waals surface area contributed by atoms with E-state index in [1.54, 1.807) is 0 Å². The molecular weight excluding hydrogens is 729 g/mol. The summed E-state index contributed by atoms with van der Waals surface area (Å²) in [7, 11) is 0. The maximum atomic E-state index is 6.00. The number of fused-ring (bicyclic) bond motifs is 6. The number of H-pyrrole nitrogens is 2. The van der Waals surface area contributed by atoms with Crippen molar-refractivity contribution in [1.29, 1.82) is 0 Å². The van der Waals surface area contributed by atoms with Crippen molar-refractivity contribution in [3.63, 3.8) is 0 Å². The number of nitrogens with zero attached hydrogens (tertiary/aromatic N) is 2. The zero-order valence-electron chi connectivity index (χ0n) is 38.7. The topological polar surface area (TPSA) is 56.3 Å². The van der Waals surface area contributed by atoms with Crippen LogP contribution in [0.25, 0.3) is 11.1 Å². The number of benzene rings is 2. The summed E-state index contributed by atoms with van der Waals surface area (Å²) in [6.07, 6.45) is 14.4. The Bertz CT molecular complexity index is 2200. The van der Waals surface area contributed by atoms with E-state index in [-0.39, 0.29) is 11.8 Å². The van der Waals surface area contributed by atoms with Crippen molar-refractivity contribution < 1.29 is 0 Å². The van der Waals surface area contributed by atoms with Gasteiger partial charge in [0.1, 0.15) is 0 Å². The summed E-state index contributed by atoms with van der Waals surface area (Å²) in [5.41, 5.74) is 26.7. The standard InChI is InChI=1S/C56H72N4/c1-11-21-33-45-49-37(13-3)41(17-7)53(57-49)47(35-29-25-23-26-30-35)55-43(19-9)39(15-5)51(59-55)46(34-22-12-2)52-40(16-6)44(20-10)56(60-52)48(36-31-27-24-28-32-36)54-42(18-8)38(14-4)50(45)58-54/h23-32,45-46,57-58H,11-22,33-34H2,1-10H3/b55-47-,56-48-. The number of aliphatic imine (C=N–C) groups is 2. The van der Waals surface area contributed by atoms with Gasteiger partial charge >= 0.3 is 0 Å². The summed E-state index contributed by atoms with van der Waals surface area (Å²) in [5, 5.41) is 0. The summed E-state index contributed by atoms with van der Waals surface area (Å²) in [5.74, 6) is 0.314. The van der Waals surface area contributed by atoms with Gasteiger partial charge < -0.3 is 9.97 Å². The van der Waals surface area contributed by atoms with Gasteiger partial charge in [0.2, 0.25) is 0 Å². The van der Waals surface area contributed by atoms with Crippen molar-refractivity contribution in [3.8, 4) is 0 Å². The lowest BCUT2D eigenvalue weighted by Crippen LogP contribution is -2.26. The smallest absolute Gasteiger partial charge is 0.0767 e. The molecule has 0 spiro atoms. The second kappa shape index (κ2) is 19.3. The van der Waals surface area contributed by atoms with Gasteiger partial charge in [-0.25, -0.2) is 0 Å². The van der Waals surface area contributed by atoms with Crippen LogP contribution >= 0.6 is 0 Å². The number of aromatic nitrogens is 2. The second-order valence-electron chi connectivity index (χ2n) is 17.0. The number of allylic oxidation sites excluding steroid dienone is 4. The minimum absolute atomic E-state index is 0.112. The van der Waals surface area contributed by atoms with Crippen molar-refractivity contribution in [3.05, 3.63) is 151 Å². The van der Waals surface area contributed by atoms with Gasteiger partial charge in [-0.1, -0.05) is 156 Å². The average molecular weight is 801 g/mol. The molecular formula is C56H72N4. The molecule has 0 aliphatic carbocycles. The Hall–Kier alpha value is -4.70. The number of rotatable bonds is 16. The highest BCUT2D eigenvalue weighted by Gasteiger charge is 2.39. The Balaban J connectivity index is 1.74. The fourth-order valence-electron chi connectivity index (χ4n) is 11.1. The van der Waals surface area contributed by atoms with Crippen LogP contribution in [0.4, 0.5) is 0 Å². The van der Waals surface area contributed by atoms with Crippen molar-refractivity contribution in [2.24, 2.45) is 15.9 Å². The van der Waals surface area contributed by atoms with Crippen LogP contribution in [0.5, 0.6) is 0 Å². The minimum atomic E-state index is 0.112. The van der Waals surface area contributed by atoms with Gasteiger partial charge in [-0.3, -0.25) is 9.98 Å². The minimum Gasteiger partial charge on any atom is -0.357 e. The maximum absolute atomic E-state index is 6.00. The molecule has 2 aromatic carbocycles. The van der Waals surface area contributed by atoms with E-state index < -0.39 is 0 Å². The van der Waals surface area contributed by atoms with Crippen LogP contribution in [0.3, 0.4) is 0 Å². The summed E-state index contributed by atoms with van der Waals surface area (Å²) < 4.78 is 0. The summed E-state index contributed by atoms with van der Waals surface area (Å²) >= 11 is 0. The Morgan fingerprint density at radius 3 is 1.12 bits per heavy atom. The molecule has 0 amide bonds. The van der Waals surface area contributed by atoms with Crippen molar-refractivity contribution in [2.45, 2.75) is 165 Å². The molecule has 7 rings (SSSR count). The summed E-state index contributed by atoms with van der Waals surface area (Å²) in [4.78, 5) is 20.7. The van der Waals surface area contributed by atoms with E-state index >= 15 is 0 Å². The lowest BCUT2D eigenvalue weighted by Gasteiger charge is -2.21. The van der Waals surface area contributed by atoms with Gasteiger partial charge in [0, 0.05) is 34.4 Å². The van der Waals surface area contributed by atoms with Crippen LogP contribution in [0, 0.1) is 5.92 Å². The van der Waals surface area contributed by atoms with Gasteiger partial charge in [-0.15, -0.1) is 0 Å². The molecule has 316 valence electrons. The van der Waals surface area contributed by atoms with Gasteiger partial charge in [-0.05, 0) is 120 Å². The van der Waals surface area contributed by atoms with E-state index in [1.165, 1.54) is 112 Å². The first-order valence-corrected chi connectivity index (χ1v) is 24.1. The summed E-state index contributed by atoms with van der Waals surface area (Å²) in [6.45, 7) is 23.5. The highest BCUT2D eigenvalue weighted by molar-refractivity contribution is 6.24.